The Balaban J connectivity index is 1.77. The fourth-order valence-electron chi connectivity index (χ4n) is 2.83. The maximum Gasteiger partial charge on any atom is 0.414 e. The molecule has 0 aliphatic carbocycles. The number of azide groups is 1. The van der Waals surface area contributed by atoms with Crippen molar-refractivity contribution in [1.82, 2.24) is 0 Å². The lowest BCUT2D eigenvalue weighted by molar-refractivity contribution is 0.145. The van der Waals surface area contributed by atoms with Crippen LogP contribution in [0.5, 0.6) is 0 Å². The minimum atomic E-state index is -0.619. The van der Waals surface area contributed by atoms with E-state index in [9.17, 15) is 9.18 Å². The van der Waals surface area contributed by atoms with E-state index in [-0.39, 0.29) is 18.8 Å². The van der Waals surface area contributed by atoms with Crippen LogP contribution < -0.4 is 9.80 Å². The van der Waals surface area contributed by atoms with Gasteiger partial charge >= 0.3 is 6.09 Å². The minimum Gasteiger partial charge on any atom is -0.444 e. The molecule has 2 aliphatic heterocycles. The summed E-state index contributed by atoms with van der Waals surface area (Å²) >= 11 is 0. The van der Waals surface area contributed by atoms with Crippen LogP contribution in [-0.2, 0) is 4.74 Å². The lowest BCUT2D eigenvalue weighted by atomic mass is 10.2. The zero-order valence-corrected chi connectivity index (χ0v) is 12.0. The first-order valence-electron chi connectivity index (χ1n) is 7.22. The maximum absolute atomic E-state index is 14.3. The van der Waals surface area contributed by atoms with Crippen LogP contribution in [0, 0.1) is 5.82 Å². The van der Waals surface area contributed by atoms with E-state index in [4.69, 9.17) is 10.3 Å². The van der Waals surface area contributed by atoms with Gasteiger partial charge < -0.3 is 9.64 Å². The molecule has 1 aromatic rings. The lowest BCUT2D eigenvalue weighted by Crippen LogP contribution is -2.26. The second-order valence-electron chi connectivity index (χ2n) is 5.36. The second-order valence-corrected chi connectivity index (χ2v) is 5.36. The molecule has 0 spiro atoms. The van der Waals surface area contributed by atoms with E-state index >= 15 is 0 Å². The van der Waals surface area contributed by atoms with E-state index in [1.807, 2.05) is 6.07 Å². The van der Waals surface area contributed by atoms with E-state index in [0.29, 0.717) is 0 Å². The first-order chi connectivity index (χ1) is 10.7. The molecule has 1 amide bonds. The van der Waals surface area contributed by atoms with E-state index < -0.39 is 18.0 Å². The second kappa shape index (κ2) is 6.11. The Bertz CT molecular complexity index is 626. The Morgan fingerprint density at radius 1 is 1.41 bits per heavy atom. The molecule has 22 heavy (non-hydrogen) atoms. The summed E-state index contributed by atoms with van der Waals surface area (Å²) in [6, 6.07) is 4.87. The van der Waals surface area contributed by atoms with Gasteiger partial charge in [0.1, 0.15) is 11.9 Å². The molecule has 2 fully saturated rings. The average Bonchev–Trinajstić information content (AvgIpc) is 3.15. The van der Waals surface area contributed by atoms with Gasteiger partial charge in [-0.1, -0.05) is 5.11 Å². The number of anilines is 2. The molecule has 1 aromatic carbocycles. The Labute approximate surface area is 126 Å². The highest BCUT2D eigenvalue weighted by molar-refractivity contribution is 5.90. The fourth-order valence-corrected chi connectivity index (χ4v) is 2.83. The van der Waals surface area contributed by atoms with E-state index in [1.165, 1.54) is 11.0 Å². The van der Waals surface area contributed by atoms with Gasteiger partial charge in [-0.05, 0) is 36.6 Å². The molecule has 0 unspecified atom stereocenters. The topological polar surface area (TPSA) is 81.5 Å². The largest absolute Gasteiger partial charge is 0.444 e. The van der Waals surface area contributed by atoms with Crippen molar-refractivity contribution < 1.29 is 13.9 Å². The number of carbonyl (C=O) groups excluding carboxylic acids is 1. The van der Waals surface area contributed by atoms with Gasteiger partial charge in [0.2, 0.25) is 0 Å². The predicted octanol–water partition coefficient (Wildman–Crippen LogP) is 3.06. The minimum absolute atomic E-state index is 0.0478. The Hall–Kier alpha value is -2.47. The zero-order valence-electron chi connectivity index (χ0n) is 12.0. The number of amides is 1. The third-order valence-electron chi connectivity index (χ3n) is 3.92. The number of ether oxygens (including phenoxy) is 1. The SMILES string of the molecule is [N-]=[N+]=NC[C@H]1CN(c2ccc(N3CCCC3)cc2F)C(=O)O1. The van der Waals surface area contributed by atoms with Crippen LogP contribution in [0.25, 0.3) is 10.4 Å². The monoisotopic (exact) mass is 305 g/mol. The number of nitrogens with zero attached hydrogens (tertiary/aromatic N) is 5. The molecule has 8 heteroatoms. The summed E-state index contributed by atoms with van der Waals surface area (Å²) in [7, 11) is 0. The summed E-state index contributed by atoms with van der Waals surface area (Å²) in [4.78, 5) is 17.8. The number of benzene rings is 1. The van der Waals surface area contributed by atoms with E-state index in [2.05, 4.69) is 14.9 Å². The Kier molecular flexibility index (Phi) is 4.02. The van der Waals surface area contributed by atoms with Gasteiger partial charge in [0, 0.05) is 23.7 Å². The summed E-state index contributed by atoms with van der Waals surface area (Å²) < 4.78 is 19.4. The highest BCUT2D eigenvalue weighted by Gasteiger charge is 2.33. The van der Waals surface area contributed by atoms with Crippen LogP contribution in [0.1, 0.15) is 12.8 Å². The molecule has 0 radical (unpaired) electrons. The number of rotatable bonds is 4. The van der Waals surface area contributed by atoms with E-state index in [1.54, 1.807) is 6.07 Å². The predicted molar refractivity (Wildman–Crippen MR) is 79.5 cm³/mol. The zero-order chi connectivity index (χ0) is 15.5. The molecule has 0 saturated carbocycles. The van der Waals surface area contributed by atoms with Crippen molar-refractivity contribution in [2.45, 2.75) is 18.9 Å². The molecule has 2 heterocycles. The summed E-state index contributed by atoms with van der Waals surface area (Å²) in [6.45, 7) is 2.08. The number of hydrogen-bond donors (Lipinski definition) is 0. The first-order valence-corrected chi connectivity index (χ1v) is 7.22. The Morgan fingerprint density at radius 2 is 2.18 bits per heavy atom. The van der Waals surface area contributed by atoms with Crippen molar-refractivity contribution in [3.05, 3.63) is 34.5 Å². The summed E-state index contributed by atoms with van der Waals surface area (Å²) in [5.41, 5.74) is 9.32. The Morgan fingerprint density at radius 3 is 2.86 bits per heavy atom. The van der Waals surface area contributed by atoms with Crippen LogP contribution >= 0.6 is 0 Å². The summed E-state index contributed by atoms with van der Waals surface area (Å²) in [6.07, 6.45) is 1.07. The highest BCUT2D eigenvalue weighted by atomic mass is 19.1. The van der Waals surface area contributed by atoms with Crippen molar-refractivity contribution in [3.63, 3.8) is 0 Å². The van der Waals surface area contributed by atoms with Crippen LogP contribution in [-0.4, -0.2) is 38.4 Å². The molecule has 116 valence electrons. The van der Waals surface area contributed by atoms with Crippen molar-refractivity contribution in [2.24, 2.45) is 5.11 Å². The smallest absolute Gasteiger partial charge is 0.414 e. The van der Waals surface area contributed by atoms with Gasteiger partial charge in [-0.3, -0.25) is 4.90 Å². The number of cyclic esters (lactones) is 1. The highest BCUT2D eigenvalue weighted by Crippen LogP contribution is 2.29. The molecule has 1 atom stereocenters. The number of carbonyl (C=O) groups is 1. The summed E-state index contributed by atoms with van der Waals surface area (Å²) in [5, 5.41) is 3.38. The van der Waals surface area contributed by atoms with Crippen LogP contribution in [0.4, 0.5) is 20.6 Å². The van der Waals surface area contributed by atoms with Crippen LogP contribution in [0.15, 0.2) is 23.3 Å². The molecule has 2 saturated heterocycles. The van der Waals surface area contributed by atoms with Gasteiger partial charge in [-0.25, -0.2) is 9.18 Å². The van der Waals surface area contributed by atoms with Crippen LogP contribution in [0.2, 0.25) is 0 Å². The van der Waals surface area contributed by atoms with Crippen molar-refractivity contribution in [1.29, 1.82) is 0 Å². The van der Waals surface area contributed by atoms with E-state index in [0.717, 1.165) is 31.6 Å². The standard InChI is InChI=1S/C14H16FN5O2/c15-12-7-10(19-5-1-2-6-19)3-4-13(12)20-9-11(8-17-18-16)22-14(20)21/h3-4,7,11H,1-2,5-6,8-9H2/t11-/m0/s1. The van der Waals surface area contributed by atoms with Gasteiger partial charge in [0.25, 0.3) is 0 Å². The molecular formula is C14H16FN5O2. The fraction of sp³-hybridized carbons (Fsp3) is 0.500. The molecule has 0 bridgehead atoms. The number of hydrogen-bond acceptors (Lipinski definition) is 4. The van der Waals surface area contributed by atoms with Crippen molar-refractivity contribution >= 4 is 17.5 Å². The molecule has 7 nitrogen and oxygen atoms in total. The van der Waals surface area contributed by atoms with Gasteiger partial charge in [0.05, 0.1) is 18.8 Å². The first kappa shape index (κ1) is 14.5. The molecule has 3 rings (SSSR count). The van der Waals surface area contributed by atoms with Crippen molar-refractivity contribution in [3.8, 4) is 0 Å². The molecular weight excluding hydrogens is 289 g/mol. The quantitative estimate of drug-likeness (QED) is 0.487. The lowest BCUT2D eigenvalue weighted by Gasteiger charge is -2.20. The van der Waals surface area contributed by atoms with Gasteiger partial charge in [-0.2, -0.15) is 0 Å². The molecule has 0 aromatic heterocycles. The number of halogens is 1. The van der Waals surface area contributed by atoms with Gasteiger partial charge in [-0.15, -0.1) is 0 Å². The third-order valence-corrected chi connectivity index (χ3v) is 3.92. The molecule has 2 aliphatic rings. The third kappa shape index (κ3) is 2.78. The molecule has 0 N–H and O–H groups in total. The average molecular weight is 305 g/mol. The maximum atomic E-state index is 14.3. The van der Waals surface area contributed by atoms with Crippen molar-refractivity contribution in [2.75, 3.05) is 36.0 Å². The normalized spacial score (nSPS) is 21.0. The van der Waals surface area contributed by atoms with Gasteiger partial charge in [0.15, 0.2) is 0 Å². The van der Waals surface area contributed by atoms with Crippen LogP contribution in [0.3, 0.4) is 0 Å². The summed E-state index contributed by atoms with van der Waals surface area (Å²) in [5.74, 6) is -0.453.